The predicted octanol–water partition coefficient (Wildman–Crippen LogP) is 5.06. The first-order valence-electron chi connectivity index (χ1n) is 10.3. The number of nitrogens with one attached hydrogen (secondary N) is 1. The molecule has 3 aromatic rings. The molecule has 0 aliphatic carbocycles. The predicted molar refractivity (Wildman–Crippen MR) is 134 cm³/mol. The lowest BCUT2D eigenvalue weighted by Crippen LogP contribution is -2.41. The molecule has 0 saturated carbocycles. The molecule has 0 bridgehead atoms. The third-order valence-electron chi connectivity index (χ3n) is 4.77. The third kappa shape index (κ3) is 6.96. The van der Waals surface area contributed by atoms with E-state index in [1.54, 1.807) is 48.5 Å². The third-order valence-corrected chi connectivity index (χ3v) is 7.34. The molecule has 1 N–H and O–H groups in total. The molecule has 0 fully saturated rings. The molecular weight excluding hydrogens is 528 g/mol. The maximum absolute atomic E-state index is 13.4. The Kier molecular flexibility index (Phi) is 8.77. The summed E-state index contributed by atoms with van der Waals surface area (Å²) in [5.41, 5.74) is 1.39. The van der Waals surface area contributed by atoms with E-state index in [1.165, 1.54) is 12.1 Å². The van der Waals surface area contributed by atoms with Crippen molar-refractivity contribution in [2.45, 2.75) is 18.2 Å². The number of ether oxygens (including phenoxy) is 1. The number of sulfonamides is 1. The van der Waals surface area contributed by atoms with Crippen molar-refractivity contribution in [1.29, 1.82) is 0 Å². The Balaban J connectivity index is 1.78. The lowest BCUT2D eigenvalue weighted by Gasteiger charge is -2.24. The Hall–Kier alpha value is -2.55. The van der Waals surface area contributed by atoms with Crippen LogP contribution in [0.5, 0.6) is 5.75 Å². The van der Waals surface area contributed by atoms with Gasteiger partial charge in [0.2, 0.25) is 5.91 Å². The van der Waals surface area contributed by atoms with Gasteiger partial charge in [-0.25, -0.2) is 8.42 Å². The molecule has 0 aromatic heterocycles. The monoisotopic (exact) mass is 550 g/mol. The van der Waals surface area contributed by atoms with E-state index in [0.717, 1.165) is 14.3 Å². The Labute approximate surface area is 207 Å². The molecular formula is C24H24BrClN2O4S. The summed E-state index contributed by atoms with van der Waals surface area (Å²) in [4.78, 5) is 12.8. The van der Waals surface area contributed by atoms with Gasteiger partial charge in [-0.05, 0) is 79.6 Å². The number of nitrogens with zero attached hydrogens (tertiary/aromatic N) is 1. The number of hydrogen-bond donors (Lipinski definition) is 1. The van der Waals surface area contributed by atoms with E-state index in [4.69, 9.17) is 16.3 Å². The Morgan fingerprint density at radius 3 is 2.24 bits per heavy atom. The molecule has 6 nitrogen and oxygen atoms in total. The number of carbonyl (C=O) groups is 1. The first-order chi connectivity index (χ1) is 15.8. The fourth-order valence-corrected chi connectivity index (χ4v) is 4.92. The summed E-state index contributed by atoms with van der Waals surface area (Å²) in [6.45, 7) is 2.38. The van der Waals surface area contributed by atoms with Crippen molar-refractivity contribution in [3.05, 3.63) is 87.9 Å². The van der Waals surface area contributed by atoms with Crippen LogP contribution in [0.4, 0.5) is 5.69 Å². The summed E-state index contributed by atoms with van der Waals surface area (Å²) >= 11 is 9.21. The van der Waals surface area contributed by atoms with E-state index in [1.807, 2.05) is 19.1 Å². The topological polar surface area (TPSA) is 75.7 Å². The largest absolute Gasteiger partial charge is 0.494 e. The highest BCUT2D eigenvalue weighted by Gasteiger charge is 2.27. The minimum atomic E-state index is -3.98. The SMILES string of the molecule is CCOc1ccc(N(CC(=O)NCCc2ccc(Cl)cc2)S(=O)(=O)c2ccc(Br)cc2)cc1. The average molecular weight is 552 g/mol. The van der Waals surface area contributed by atoms with Gasteiger partial charge in [0.25, 0.3) is 10.0 Å². The van der Waals surface area contributed by atoms with E-state index in [-0.39, 0.29) is 11.4 Å². The first-order valence-corrected chi connectivity index (χ1v) is 12.9. The van der Waals surface area contributed by atoms with Crippen LogP contribution in [-0.4, -0.2) is 34.0 Å². The second-order valence-electron chi connectivity index (χ2n) is 7.12. The number of hydrogen-bond acceptors (Lipinski definition) is 4. The summed E-state index contributed by atoms with van der Waals surface area (Å²) in [6, 6.07) is 20.3. The second kappa shape index (κ2) is 11.5. The molecule has 0 aliphatic rings. The maximum atomic E-state index is 13.4. The van der Waals surface area contributed by atoms with Crippen molar-refractivity contribution in [3.8, 4) is 5.75 Å². The molecule has 9 heteroatoms. The molecule has 0 heterocycles. The van der Waals surface area contributed by atoms with Crippen LogP contribution in [0.2, 0.25) is 5.02 Å². The number of rotatable bonds is 10. The summed E-state index contributed by atoms with van der Waals surface area (Å²) in [5, 5.41) is 3.45. The quantitative estimate of drug-likeness (QED) is 0.382. The van der Waals surface area contributed by atoms with Gasteiger partial charge in [0.15, 0.2) is 0 Å². The van der Waals surface area contributed by atoms with Crippen molar-refractivity contribution in [1.82, 2.24) is 5.32 Å². The summed E-state index contributed by atoms with van der Waals surface area (Å²) in [7, 11) is -3.98. The fraction of sp³-hybridized carbons (Fsp3) is 0.208. The molecule has 0 atom stereocenters. The number of anilines is 1. The van der Waals surface area contributed by atoms with E-state index in [2.05, 4.69) is 21.2 Å². The fourth-order valence-electron chi connectivity index (χ4n) is 3.11. The minimum absolute atomic E-state index is 0.0912. The van der Waals surface area contributed by atoms with Crippen LogP contribution in [0.1, 0.15) is 12.5 Å². The number of benzene rings is 3. The summed E-state index contributed by atoms with van der Waals surface area (Å²) in [5.74, 6) is 0.216. The van der Waals surface area contributed by atoms with Gasteiger partial charge < -0.3 is 10.1 Å². The van der Waals surface area contributed by atoms with Crippen molar-refractivity contribution >= 4 is 49.1 Å². The highest BCUT2D eigenvalue weighted by molar-refractivity contribution is 9.10. The lowest BCUT2D eigenvalue weighted by atomic mass is 10.1. The van der Waals surface area contributed by atoms with Gasteiger partial charge in [0.1, 0.15) is 12.3 Å². The molecule has 0 saturated heterocycles. The van der Waals surface area contributed by atoms with Crippen LogP contribution in [0, 0.1) is 0 Å². The summed E-state index contributed by atoms with van der Waals surface area (Å²) in [6.07, 6.45) is 0.603. The number of carbonyl (C=O) groups excluding carboxylic acids is 1. The lowest BCUT2D eigenvalue weighted by molar-refractivity contribution is -0.119. The average Bonchev–Trinajstić information content (AvgIpc) is 2.80. The number of halogens is 2. The zero-order valence-electron chi connectivity index (χ0n) is 18.0. The van der Waals surface area contributed by atoms with Gasteiger partial charge in [-0.1, -0.05) is 39.7 Å². The molecule has 33 heavy (non-hydrogen) atoms. The van der Waals surface area contributed by atoms with Crippen LogP contribution in [-0.2, 0) is 21.2 Å². The van der Waals surface area contributed by atoms with E-state index < -0.39 is 15.9 Å². The second-order valence-corrected chi connectivity index (χ2v) is 10.3. The zero-order chi connectivity index (χ0) is 23.8. The molecule has 3 aromatic carbocycles. The zero-order valence-corrected chi connectivity index (χ0v) is 21.2. The van der Waals surface area contributed by atoms with Crippen LogP contribution in [0.25, 0.3) is 0 Å². The van der Waals surface area contributed by atoms with Crippen molar-refractivity contribution in [2.24, 2.45) is 0 Å². The Morgan fingerprint density at radius 1 is 1.00 bits per heavy atom. The van der Waals surface area contributed by atoms with Crippen LogP contribution < -0.4 is 14.4 Å². The van der Waals surface area contributed by atoms with Gasteiger partial charge in [-0.3, -0.25) is 9.10 Å². The van der Waals surface area contributed by atoms with Gasteiger partial charge in [0.05, 0.1) is 17.2 Å². The molecule has 174 valence electrons. The normalized spacial score (nSPS) is 11.1. The molecule has 0 unspecified atom stereocenters. The summed E-state index contributed by atoms with van der Waals surface area (Å²) < 4.78 is 34.1. The van der Waals surface area contributed by atoms with Crippen molar-refractivity contribution in [3.63, 3.8) is 0 Å². The van der Waals surface area contributed by atoms with Crippen LogP contribution in [0.3, 0.4) is 0 Å². The van der Waals surface area contributed by atoms with Gasteiger partial charge in [-0.15, -0.1) is 0 Å². The molecule has 0 radical (unpaired) electrons. The van der Waals surface area contributed by atoms with Crippen molar-refractivity contribution in [2.75, 3.05) is 24.0 Å². The van der Waals surface area contributed by atoms with Gasteiger partial charge >= 0.3 is 0 Å². The smallest absolute Gasteiger partial charge is 0.264 e. The van der Waals surface area contributed by atoms with Crippen LogP contribution >= 0.6 is 27.5 Å². The van der Waals surface area contributed by atoms with Gasteiger partial charge in [-0.2, -0.15) is 0 Å². The maximum Gasteiger partial charge on any atom is 0.264 e. The Morgan fingerprint density at radius 2 is 1.64 bits per heavy atom. The Bertz CT molecular complexity index is 1170. The molecule has 0 spiro atoms. The van der Waals surface area contributed by atoms with Crippen molar-refractivity contribution < 1.29 is 17.9 Å². The molecule has 3 rings (SSSR count). The van der Waals surface area contributed by atoms with Gasteiger partial charge in [0, 0.05) is 16.0 Å². The highest BCUT2D eigenvalue weighted by atomic mass is 79.9. The minimum Gasteiger partial charge on any atom is -0.494 e. The van der Waals surface area contributed by atoms with Crippen LogP contribution in [0.15, 0.2) is 82.2 Å². The number of amides is 1. The highest BCUT2D eigenvalue weighted by Crippen LogP contribution is 2.26. The standard InChI is InChI=1S/C24H24BrClN2O4S/c1-2-32-22-11-9-21(10-12-22)28(33(30,31)23-13-5-19(25)6-14-23)17-24(29)27-16-15-18-3-7-20(26)8-4-18/h3-14H,2,15-17H2,1H3,(H,27,29). The first kappa shape index (κ1) is 25.1. The van der Waals surface area contributed by atoms with E-state index in [0.29, 0.717) is 36.0 Å². The van der Waals surface area contributed by atoms with E-state index >= 15 is 0 Å². The molecule has 1 amide bonds. The van der Waals surface area contributed by atoms with E-state index in [9.17, 15) is 13.2 Å². The molecule has 0 aliphatic heterocycles.